The Morgan fingerprint density at radius 2 is 1.50 bits per heavy atom. The van der Waals surface area contributed by atoms with Crippen molar-refractivity contribution in [1.29, 1.82) is 0 Å². The summed E-state index contributed by atoms with van der Waals surface area (Å²) in [4.78, 5) is 0. The van der Waals surface area contributed by atoms with Crippen LogP contribution in [0.3, 0.4) is 0 Å². The molecule has 0 saturated carbocycles. The second kappa shape index (κ2) is 4.22. The largest absolute Gasteiger partial charge is 0.381 e. The fourth-order valence-corrected chi connectivity index (χ4v) is 2.99. The molecule has 0 aromatic rings. The molecule has 0 aromatic carbocycles. The highest BCUT2D eigenvalue weighted by atomic mass is 16.5. The van der Waals surface area contributed by atoms with E-state index < -0.39 is 0 Å². The average Bonchev–Trinajstić information content (AvgIpc) is 2.01. The molecule has 0 bridgehead atoms. The van der Waals surface area contributed by atoms with Crippen molar-refractivity contribution in [3.05, 3.63) is 0 Å². The highest BCUT2D eigenvalue weighted by molar-refractivity contribution is 4.84. The molecule has 1 rings (SSSR count). The maximum absolute atomic E-state index is 5.42. The molecular formula is C13H26O. The van der Waals surface area contributed by atoms with Crippen molar-refractivity contribution < 1.29 is 4.74 Å². The molecule has 0 amide bonds. The molecular weight excluding hydrogens is 172 g/mol. The van der Waals surface area contributed by atoms with Crippen molar-refractivity contribution in [3.63, 3.8) is 0 Å². The van der Waals surface area contributed by atoms with E-state index in [-0.39, 0.29) is 0 Å². The molecule has 0 unspecified atom stereocenters. The van der Waals surface area contributed by atoms with Gasteiger partial charge in [-0.2, -0.15) is 0 Å². The summed E-state index contributed by atoms with van der Waals surface area (Å²) in [5, 5.41) is 0. The van der Waals surface area contributed by atoms with Gasteiger partial charge in [-0.1, -0.05) is 34.6 Å². The number of ether oxygens (including phenoxy) is 1. The van der Waals surface area contributed by atoms with Gasteiger partial charge >= 0.3 is 0 Å². The molecule has 1 saturated heterocycles. The van der Waals surface area contributed by atoms with Crippen LogP contribution >= 0.6 is 0 Å². The lowest BCUT2D eigenvalue weighted by Crippen LogP contribution is -2.33. The zero-order chi connectivity index (χ0) is 10.8. The predicted molar refractivity (Wildman–Crippen MR) is 61.4 cm³/mol. The van der Waals surface area contributed by atoms with Gasteiger partial charge in [0, 0.05) is 13.2 Å². The molecule has 1 heterocycles. The van der Waals surface area contributed by atoms with E-state index in [1.165, 1.54) is 19.3 Å². The van der Waals surface area contributed by atoms with Crippen LogP contribution < -0.4 is 0 Å². The summed E-state index contributed by atoms with van der Waals surface area (Å²) in [6.45, 7) is 13.8. The van der Waals surface area contributed by atoms with Crippen LogP contribution in [0.1, 0.15) is 53.9 Å². The minimum absolute atomic E-state index is 0.446. The summed E-state index contributed by atoms with van der Waals surface area (Å²) in [6, 6.07) is 0. The van der Waals surface area contributed by atoms with Gasteiger partial charge in [0.05, 0.1) is 0 Å². The first-order valence-corrected chi connectivity index (χ1v) is 5.89. The van der Waals surface area contributed by atoms with Crippen molar-refractivity contribution in [2.24, 2.45) is 16.7 Å². The SMILES string of the molecule is CC(C)(C)CC(C)(C)C1CCOCC1. The van der Waals surface area contributed by atoms with E-state index in [0.29, 0.717) is 10.8 Å². The minimum atomic E-state index is 0.446. The monoisotopic (exact) mass is 198 g/mol. The standard InChI is InChI=1S/C13H26O/c1-12(2,3)10-13(4,5)11-6-8-14-9-7-11/h11H,6-10H2,1-5H3. The molecule has 0 spiro atoms. The normalized spacial score (nSPS) is 21.2. The zero-order valence-electron chi connectivity index (χ0n) is 10.5. The van der Waals surface area contributed by atoms with Crippen LogP contribution in [-0.2, 0) is 4.74 Å². The van der Waals surface area contributed by atoms with Crippen LogP contribution in [-0.4, -0.2) is 13.2 Å². The fraction of sp³-hybridized carbons (Fsp3) is 1.00. The Morgan fingerprint density at radius 1 is 1.00 bits per heavy atom. The smallest absolute Gasteiger partial charge is 0.0468 e. The van der Waals surface area contributed by atoms with E-state index in [4.69, 9.17) is 4.74 Å². The van der Waals surface area contributed by atoms with Gasteiger partial charge in [0.1, 0.15) is 0 Å². The van der Waals surface area contributed by atoms with Gasteiger partial charge in [-0.05, 0) is 36.0 Å². The second-order valence-electron chi connectivity index (χ2n) is 6.61. The van der Waals surface area contributed by atoms with E-state index in [1.54, 1.807) is 0 Å². The van der Waals surface area contributed by atoms with E-state index in [0.717, 1.165) is 19.1 Å². The molecule has 0 aromatic heterocycles. The summed E-state index contributed by atoms with van der Waals surface area (Å²) < 4.78 is 5.42. The van der Waals surface area contributed by atoms with Gasteiger partial charge in [-0.3, -0.25) is 0 Å². The van der Waals surface area contributed by atoms with Crippen molar-refractivity contribution >= 4 is 0 Å². The topological polar surface area (TPSA) is 9.23 Å². The molecule has 84 valence electrons. The summed E-state index contributed by atoms with van der Waals surface area (Å²) >= 11 is 0. The maximum Gasteiger partial charge on any atom is 0.0468 e. The summed E-state index contributed by atoms with van der Waals surface area (Å²) in [6.07, 6.45) is 3.82. The van der Waals surface area contributed by atoms with Crippen LogP contribution in [0.25, 0.3) is 0 Å². The first kappa shape index (κ1) is 12.0. The highest BCUT2D eigenvalue weighted by Crippen LogP contribution is 2.42. The lowest BCUT2D eigenvalue weighted by Gasteiger charge is -2.41. The van der Waals surface area contributed by atoms with Crippen molar-refractivity contribution in [3.8, 4) is 0 Å². The summed E-state index contributed by atoms with van der Waals surface area (Å²) in [5.74, 6) is 0.857. The first-order valence-electron chi connectivity index (χ1n) is 5.89. The molecule has 1 fully saturated rings. The first-order chi connectivity index (χ1) is 6.31. The van der Waals surface area contributed by atoms with Crippen molar-refractivity contribution in [1.82, 2.24) is 0 Å². The molecule has 0 N–H and O–H groups in total. The third kappa shape index (κ3) is 3.61. The van der Waals surface area contributed by atoms with E-state index in [1.807, 2.05) is 0 Å². The highest BCUT2D eigenvalue weighted by Gasteiger charge is 2.34. The van der Waals surface area contributed by atoms with Gasteiger partial charge in [-0.25, -0.2) is 0 Å². The van der Waals surface area contributed by atoms with Gasteiger partial charge in [-0.15, -0.1) is 0 Å². The molecule has 0 atom stereocenters. The molecule has 1 heteroatoms. The maximum atomic E-state index is 5.42. The Labute approximate surface area is 89.2 Å². The Hall–Kier alpha value is -0.0400. The van der Waals surface area contributed by atoms with Gasteiger partial charge in [0.2, 0.25) is 0 Å². The molecule has 1 nitrogen and oxygen atoms in total. The van der Waals surface area contributed by atoms with Crippen molar-refractivity contribution in [2.45, 2.75) is 53.9 Å². The molecule has 0 radical (unpaired) electrons. The number of rotatable bonds is 2. The van der Waals surface area contributed by atoms with Gasteiger partial charge in [0.15, 0.2) is 0 Å². The van der Waals surface area contributed by atoms with Crippen LogP contribution in [0.2, 0.25) is 0 Å². The summed E-state index contributed by atoms with van der Waals surface area (Å²) in [7, 11) is 0. The minimum Gasteiger partial charge on any atom is -0.381 e. The van der Waals surface area contributed by atoms with Gasteiger partial charge in [0.25, 0.3) is 0 Å². The zero-order valence-corrected chi connectivity index (χ0v) is 10.5. The van der Waals surface area contributed by atoms with Crippen LogP contribution in [0, 0.1) is 16.7 Å². The quantitative estimate of drug-likeness (QED) is 0.654. The van der Waals surface area contributed by atoms with Crippen molar-refractivity contribution in [2.75, 3.05) is 13.2 Å². The molecule has 1 aliphatic heterocycles. The van der Waals surface area contributed by atoms with Crippen LogP contribution in [0.5, 0.6) is 0 Å². The van der Waals surface area contributed by atoms with Crippen LogP contribution in [0.15, 0.2) is 0 Å². The third-order valence-electron chi connectivity index (χ3n) is 3.31. The Kier molecular flexibility index (Phi) is 3.63. The van der Waals surface area contributed by atoms with E-state index in [2.05, 4.69) is 34.6 Å². The third-order valence-corrected chi connectivity index (χ3v) is 3.31. The Morgan fingerprint density at radius 3 is 1.93 bits per heavy atom. The Balaban J connectivity index is 2.54. The summed E-state index contributed by atoms with van der Waals surface area (Å²) in [5.41, 5.74) is 0.920. The lowest BCUT2D eigenvalue weighted by atomic mass is 9.67. The van der Waals surface area contributed by atoms with E-state index in [9.17, 15) is 0 Å². The fourth-order valence-electron chi connectivity index (χ4n) is 2.99. The molecule has 1 aliphatic rings. The number of hydrogen-bond acceptors (Lipinski definition) is 1. The van der Waals surface area contributed by atoms with Crippen LogP contribution in [0.4, 0.5) is 0 Å². The Bertz CT molecular complexity index is 170. The van der Waals surface area contributed by atoms with E-state index >= 15 is 0 Å². The molecule has 0 aliphatic carbocycles. The second-order valence-corrected chi connectivity index (χ2v) is 6.61. The average molecular weight is 198 g/mol. The molecule has 14 heavy (non-hydrogen) atoms. The lowest BCUT2D eigenvalue weighted by molar-refractivity contribution is 0.00783. The predicted octanol–water partition coefficient (Wildman–Crippen LogP) is 3.88. The van der Waals surface area contributed by atoms with Gasteiger partial charge < -0.3 is 4.74 Å². The number of hydrogen-bond donors (Lipinski definition) is 0.